The molecule has 0 aliphatic heterocycles. The van der Waals surface area contributed by atoms with Crippen molar-refractivity contribution < 1.29 is 23.8 Å². The van der Waals surface area contributed by atoms with Gasteiger partial charge in [0, 0.05) is 11.1 Å². The number of hydrogen-bond acceptors (Lipinski definition) is 6. The fourth-order valence-electron chi connectivity index (χ4n) is 2.00. The van der Waals surface area contributed by atoms with Crippen molar-refractivity contribution in [3.05, 3.63) is 52.5 Å². The zero-order valence-corrected chi connectivity index (χ0v) is 14.7. The number of benzene rings is 2. The average molecular weight is 365 g/mol. The predicted molar refractivity (Wildman–Crippen MR) is 93.7 cm³/mol. The van der Waals surface area contributed by atoms with Crippen LogP contribution in [0.15, 0.2) is 41.6 Å². The SMILES string of the molecule is COc1cc(OC)cc(C(=O)O/N=C(\N)c2cc(Cl)ccc2OC)c1. The van der Waals surface area contributed by atoms with Crippen molar-refractivity contribution in [2.75, 3.05) is 21.3 Å². The number of hydrogen-bond donors (Lipinski definition) is 1. The highest BCUT2D eigenvalue weighted by molar-refractivity contribution is 6.31. The van der Waals surface area contributed by atoms with Gasteiger partial charge in [-0.05, 0) is 30.3 Å². The van der Waals surface area contributed by atoms with Crippen molar-refractivity contribution >= 4 is 23.4 Å². The number of nitrogens with two attached hydrogens (primary N) is 1. The number of methoxy groups -OCH3 is 3. The number of ether oxygens (including phenoxy) is 3. The van der Waals surface area contributed by atoms with E-state index in [0.29, 0.717) is 27.8 Å². The van der Waals surface area contributed by atoms with Crippen LogP contribution in [0, 0.1) is 0 Å². The lowest BCUT2D eigenvalue weighted by Gasteiger charge is -2.08. The van der Waals surface area contributed by atoms with Gasteiger partial charge in [-0.25, -0.2) is 4.79 Å². The van der Waals surface area contributed by atoms with E-state index in [9.17, 15) is 4.79 Å². The fourth-order valence-corrected chi connectivity index (χ4v) is 2.17. The zero-order chi connectivity index (χ0) is 18.4. The van der Waals surface area contributed by atoms with Crippen LogP contribution in [0.4, 0.5) is 0 Å². The molecule has 2 aromatic rings. The standard InChI is InChI=1S/C17H17ClN2O5/c1-22-12-6-10(7-13(9-12)23-2)17(21)25-20-16(19)14-8-11(18)4-5-15(14)24-3/h4-9H,1-3H3,(H2,19,20). The summed E-state index contributed by atoms with van der Waals surface area (Å²) >= 11 is 5.94. The minimum Gasteiger partial charge on any atom is -0.497 e. The van der Waals surface area contributed by atoms with E-state index in [1.165, 1.54) is 33.5 Å². The molecule has 2 rings (SSSR count). The Morgan fingerprint density at radius 1 is 1.00 bits per heavy atom. The second-order valence-electron chi connectivity index (χ2n) is 4.80. The van der Waals surface area contributed by atoms with Crippen molar-refractivity contribution in [3.63, 3.8) is 0 Å². The first-order valence-electron chi connectivity index (χ1n) is 7.10. The molecule has 0 saturated heterocycles. The highest BCUT2D eigenvalue weighted by atomic mass is 35.5. The summed E-state index contributed by atoms with van der Waals surface area (Å²) in [6.07, 6.45) is 0. The number of rotatable bonds is 6. The Kier molecular flexibility index (Phi) is 6.08. The fraction of sp³-hybridized carbons (Fsp3) is 0.176. The molecule has 25 heavy (non-hydrogen) atoms. The zero-order valence-electron chi connectivity index (χ0n) is 13.9. The first kappa shape index (κ1) is 18.4. The summed E-state index contributed by atoms with van der Waals surface area (Å²) in [4.78, 5) is 17.1. The van der Waals surface area contributed by atoms with Crippen LogP contribution >= 0.6 is 11.6 Å². The van der Waals surface area contributed by atoms with Crippen LogP contribution in [0.25, 0.3) is 0 Å². The Bertz CT molecular complexity index is 785. The Morgan fingerprint density at radius 3 is 2.20 bits per heavy atom. The predicted octanol–water partition coefficient (Wildman–Crippen LogP) is 2.84. The van der Waals surface area contributed by atoms with Crippen LogP contribution in [0.1, 0.15) is 15.9 Å². The first-order chi connectivity index (χ1) is 12.0. The largest absolute Gasteiger partial charge is 0.497 e. The molecular weight excluding hydrogens is 348 g/mol. The lowest BCUT2D eigenvalue weighted by Crippen LogP contribution is -2.16. The third kappa shape index (κ3) is 4.54. The molecule has 0 fully saturated rings. The molecule has 7 nitrogen and oxygen atoms in total. The van der Waals surface area contributed by atoms with E-state index in [2.05, 4.69) is 5.16 Å². The molecule has 2 N–H and O–H groups in total. The van der Waals surface area contributed by atoms with Crippen LogP contribution in [-0.2, 0) is 4.84 Å². The van der Waals surface area contributed by atoms with E-state index in [4.69, 9.17) is 36.4 Å². The highest BCUT2D eigenvalue weighted by Gasteiger charge is 2.13. The Labute approximate surface area is 149 Å². The number of nitrogens with zero attached hydrogens (tertiary/aromatic N) is 1. The maximum atomic E-state index is 12.2. The second-order valence-corrected chi connectivity index (χ2v) is 5.24. The quantitative estimate of drug-likeness (QED) is 0.367. The van der Waals surface area contributed by atoms with Crippen molar-refractivity contribution in [1.29, 1.82) is 0 Å². The molecule has 0 spiro atoms. The number of halogens is 1. The lowest BCUT2D eigenvalue weighted by molar-refractivity contribution is 0.0515. The van der Waals surface area contributed by atoms with Crippen LogP contribution in [0.3, 0.4) is 0 Å². The summed E-state index contributed by atoms with van der Waals surface area (Å²) in [6.45, 7) is 0. The molecule has 0 amide bonds. The Morgan fingerprint density at radius 2 is 1.64 bits per heavy atom. The maximum absolute atomic E-state index is 12.2. The molecule has 132 valence electrons. The van der Waals surface area contributed by atoms with E-state index in [-0.39, 0.29) is 11.4 Å². The number of carbonyl (C=O) groups excluding carboxylic acids is 1. The van der Waals surface area contributed by atoms with E-state index in [1.807, 2.05) is 0 Å². The maximum Gasteiger partial charge on any atom is 0.366 e. The molecule has 0 unspecified atom stereocenters. The van der Waals surface area contributed by atoms with Gasteiger partial charge in [0.1, 0.15) is 17.2 Å². The topological polar surface area (TPSA) is 92.4 Å². The van der Waals surface area contributed by atoms with Crippen molar-refractivity contribution in [3.8, 4) is 17.2 Å². The first-order valence-corrected chi connectivity index (χ1v) is 7.48. The Hall–Kier alpha value is -2.93. The number of carbonyl (C=O) groups is 1. The van der Waals surface area contributed by atoms with Crippen LogP contribution in [0.2, 0.25) is 5.02 Å². The molecule has 0 bridgehead atoms. The molecule has 0 aromatic heterocycles. The van der Waals surface area contributed by atoms with Gasteiger partial charge in [0.15, 0.2) is 5.84 Å². The number of amidine groups is 1. The van der Waals surface area contributed by atoms with Gasteiger partial charge in [0.05, 0.1) is 32.5 Å². The summed E-state index contributed by atoms with van der Waals surface area (Å²) < 4.78 is 15.4. The molecule has 8 heteroatoms. The van der Waals surface area contributed by atoms with Gasteiger partial charge in [-0.3, -0.25) is 0 Å². The smallest absolute Gasteiger partial charge is 0.366 e. The van der Waals surface area contributed by atoms with E-state index in [1.54, 1.807) is 24.3 Å². The molecule has 0 aliphatic carbocycles. The minimum atomic E-state index is -0.721. The summed E-state index contributed by atoms with van der Waals surface area (Å²) in [6, 6.07) is 9.46. The van der Waals surface area contributed by atoms with Crippen molar-refractivity contribution in [2.24, 2.45) is 10.9 Å². The van der Waals surface area contributed by atoms with Crippen molar-refractivity contribution in [2.45, 2.75) is 0 Å². The molecule has 0 saturated carbocycles. The van der Waals surface area contributed by atoms with Gasteiger partial charge in [-0.1, -0.05) is 16.8 Å². The summed E-state index contributed by atoms with van der Waals surface area (Å²) in [5, 5.41) is 4.10. The molecule has 0 atom stereocenters. The Balaban J connectivity index is 2.24. The normalized spacial score (nSPS) is 11.0. The van der Waals surface area contributed by atoms with Crippen molar-refractivity contribution in [1.82, 2.24) is 0 Å². The van der Waals surface area contributed by atoms with Crippen LogP contribution in [0.5, 0.6) is 17.2 Å². The monoisotopic (exact) mass is 364 g/mol. The third-order valence-electron chi connectivity index (χ3n) is 3.25. The highest BCUT2D eigenvalue weighted by Crippen LogP contribution is 2.24. The third-order valence-corrected chi connectivity index (χ3v) is 3.49. The minimum absolute atomic E-state index is 0.0532. The lowest BCUT2D eigenvalue weighted by atomic mass is 10.2. The molecule has 0 heterocycles. The van der Waals surface area contributed by atoms with Crippen LogP contribution in [-0.4, -0.2) is 33.1 Å². The van der Waals surface area contributed by atoms with E-state index >= 15 is 0 Å². The van der Waals surface area contributed by atoms with E-state index < -0.39 is 5.97 Å². The van der Waals surface area contributed by atoms with Gasteiger partial charge < -0.3 is 24.8 Å². The average Bonchev–Trinajstić information content (AvgIpc) is 2.65. The second kappa shape index (κ2) is 8.25. The molecule has 0 radical (unpaired) electrons. The number of oxime groups is 1. The summed E-state index contributed by atoms with van der Waals surface area (Å²) in [5.41, 5.74) is 6.47. The van der Waals surface area contributed by atoms with Gasteiger partial charge in [-0.15, -0.1) is 0 Å². The van der Waals surface area contributed by atoms with E-state index in [0.717, 1.165) is 0 Å². The molecule has 2 aromatic carbocycles. The molecule has 0 aliphatic rings. The van der Waals surface area contributed by atoms with Crippen LogP contribution < -0.4 is 19.9 Å². The molecular formula is C17H17ClN2O5. The summed E-state index contributed by atoms with van der Waals surface area (Å²) in [7, 11) is 4.44. The summed E-state index contributed by atoms with van der Waals surface area (Å²) in [5.74, 6) is 0.563. The van der Waals surface area contributed by atoms with Gasteiger partial charge in [0.25, 0.3) is 0 Å². The van der Waals surface area contributed by atoms with Gasteiger partial charge in [0.2, 0.25) is 0 Å². The van der Waals surface area contributed by atoms with Gasteiger partial charge in [-0.2, -0.15) is 0 Å². The van der Waals surface area contributed by atoms with Gasteiger partial charge >= 0.3 is 5.97 Å².